The second-order valence-corrected chi connectivity index (χ2v) is 5.28. The first kappa shape index (κ1) is 11.0. The Bertz CT molecular complexity index is 344. The molecule has 1 aliphatic carbocycles. The van der Waals surface area contributed by atoms with E-state index in [0.29, 0.717) is 17.3 Å². The lowest BCUT2D eigenvalue weighted by Gasteiger charge is -2.22. The van der Waals surface area contributed by atoms with E-state index in [1.807, 2.05) is 12.1 Å². The van der Waals surface area contributed by atoms with Crippen molar-refractivity contribution in [1.29, 1.82) is 0 Å². The highest BCUT2D eigenvalue weighted by molar-refractivity contribution is 6.30. The molecule has 1 nitrogen and oxygen atoms in total. The molecule has 1 aliphatic rings. The van der Waals surface area contributed by atoms with Crippen LogP contribution in [0.2, 0.25) is 5.02 Å². The van der Waals surface area contributed by atoms with E-state index in [-0.39, 0.29) is 0 Å². The van der Waals surface area contributed by atoms with E-state index >= 15 is 0 Å². The second-order valence-electron chi connectivity index (χ2n) is 4.84. The number of hydrogen-bond donors (Lipinski definition) is 1. The van der Waals surface area contributed by atoms with Gasteiger partial charge in [0.15, 0.2) is 0 Å². The molecule has 2 atom stereocenters. The normalized spacial score (nSPS) is 29.5. The monoisotopic (exact) mass is 223 g/mol. The Morgan fingerprint density at radius 3 is 2.40 bits per heavy atom. The van der Waals surface area contributed by atoms with Crippen molar-refractivity contribution < 1.29 is 0 Å². The Morgan fingerprint density at radius 2 is 2.00 bits per heavy atom. The summed E-state index contributed by atoms with van der Waals surface area (Å²) in [5.41, 5.74) is 7.51. The van der Waals surface area contributed by atoms with Gasteiger partial charge in [0.2, 0.25) is 0 Å². The summed E-state index contributed by atoms with van der Waals surface area (Å²) < 4.78 is 0. The predicted molar refractivity (Wildman–Crippen MR) is 65.1 cm³/mol. The third kappa shape index (κ3) is 1.68. The van der Waals surface area contributed by atoms with Crippen LogP contribution in [0, 0.1) is 11.8 Å². The van der Waals surface area contributed by atoms with Crippen LogP contribution in [0.4, 0.5) is 0 Å². The van der Waals surface area contributed by atoms with E-state index in [1.54, 1.807) is 0 Å². The zero-order valence-corrected chi connectivity index (χ0v) is 10.1. The van der Waals surface area contributed by atoms with Crippen molar-refractivity contribution in [1.82, 2.24) is 0 Å². The molecule has 0 spiro atoms. The van der Waals surface area contributed by atoms with E-state index in [4.69, 9.17) is 17.3 Å². The SMILES string of the molecule is CC(C)C1(c2ccc(Cl)cc2)C[C@H]1CN. The third-order valence-electron chi connectivity index (χ3n) is 3.85. The molecule has 1 unspecified atom stereocenters. The van der Waals surface area contributed by atoms with Crippen molar-refractivity contribution >= 4 is 11.6 Å². The first-order chi connectivity index (χ1) is 7.11. The van der Waals surface area contributed by atoms with Gasteiger partial charge in [-0.1, -0.05) is 37.6 Å². The van der Waals surface area contributed by atoms with Crippen molar-refractivity contribution in [2.75, 3.05) is 6.54 Å². The van der Waals surface area contributed by atoms with Crippen LogP contribution < -0.4 is 5.73 Å². The number of benzene rings is 1. The van der Waals surface area contributed by atoms with Crippen LogP contribution >= 0.6 is 11.6 Å². The highest BCUT2D eigenvalue weighted by atomic mass is 35.5. The molecule has 0 amide bonds. The van der Waals surface area contributed by atoms with Gasteiger partial charge in [0.1, 0.15) is 0 Å². The van der Waals surface area contributed by atoms with Crippen molar-refractivity contribution in [2.24, 2.45) is 17.6 Å². The highest BCUT2D eigenvalue weighted by Gasteiger charge is 2.55. The first-order valence-corrected chi connectivity index (χ1v) is 5.95. The van der Waals surface area contributed by atoms with E-state index in [2.05, 4.69) is 26.0 Å². The van der Waals surface area contributed by atoms with Crippen LogP contribution in [0.5, 0.6) is 0 Å². The van der Waals surface area contributed by atoms with Gasteiger partial charge in [0.25, 0.3) is 0 Å². The largest absolute Gasteiger partial charge is 0.330 e. The molecule has 1 fully saturated rings. The summed E-state index contributed by atoms with van der Waals surface area (Å²) in [6.45, 7) is 5.36. The quantitative estimate of drug-likeness (QED) is 0.837. The zero-order valence-electron chi connectivity index (χ0n) is 9.33. The molecule has 0 heterocycles. The average molecular weight is 224 g/mol. The summed E-state index contributed by atoms with van der Waals surface area (Å²) in [6.07, 6.45) is 1.22. The van der Waals surface area contributed by atoms with E-state index in [0.717, 1.165) is 11.6 Å². The van der Waals surface area contributed by atoms with Crippen molar-refractivity contribution in [3.8, 4) is 0 Å². The van der Waals surface area contributed by atoms with Crippen LogP contribution in [0.15, 0.2) is 24.3 Å². The number of halogens is 1. The van der Waals surface area contributed by atoms with Crippen molar-refractivity contribution in [3.63, 3.8) is 0 Å². The van der Waals surface area contributed by atoms with Gasteiger partial charge in [-0.3, -0.25) is 0 Å². The molecule has 0 aromatic heterocycles. The minimum absolute atomic E-state index is 0.319. The van der Waals surface area contributed by atoms with E-state index in [1.165, 1.54) is 12.0 Å². The zero-order chi connectivity index (χ0) is 11.1. The fraction of sp³-hybridized carbons (Fsp3) is 0.538. The van der Waals surface area contributed by atoms with Gasteiger partial charge in [-0.2, -0.15) is 0 Å². The molecule has 1 aromatic rings. The first-order valence-electron chi connectivity index (χ1n) is 5.57. The minimum atomic E-state index is 0.319. The molecule has 82 valence electrons. The Balaban J connectivity index is 2.32. The van der Waals surface area contributed by atoms with Gasteiger partial charge in [-0.25, -0.2) is 0 Å². The summed E-state index contributed by atoms with van der Waals surface area (Å²) in [4.78, 5) is 0. The second kappa shape index (κ2) is 3.80. The third-order valence-corrected chi connectivity index (χ3v) is 4.10. The van der Waals surface area contributed by atoms with E-state index < -0.39 is 0 Å². The van der Waals surface area contributed by atoms with Crippen LogP contribution in [0.1, 0.15) is 25.8 Å². The Kier molecular flexibility index (Phi) is 2.78. The lowest BCUT2D eigenvalue weighted by Crippen LogP contribution is -2.21. The lowest BCUT2D eigenvalue weighted by atomic mass is 9.83. The minimum Gasteiger partial charge on any atom is -0.330 e. The summed E-state index contributed by atoms with van der Waals surface area (Å²) in [5, 5.41) is 0.808. The molecule has 0 aliphatic heterocycles. The predicted octanol–water partition coefficient (Wildman–Crippen LogP) is 3.21. The van der Waals surface area contributed by atoms with E-state index in [9.17, 15) is 0 Å². The van der Waals surface area contributed by atoms with Gasteiger partial charge in [-0.05, 0) is 42.5 Å². The molecular weight excluding hydrogens is 206 g/mol. The van der Waals surface area contributed by atoms with Gasteiger partial charge in [0.05, 0.1) is 0 Å². The number of hydrogen-bond acceptors (Lipinski definition) is 1. The molecule has 2 heteroatoms. The summed E-state index contributed by atoms with van der Waals surface area (Å²) in [5.74, 6) is 1.30. The maximum absolute atomic E-state index is 5.91. The van der Waals surface area contributed by atoms with Crippen LogP contribution in [0.3, 0.4) is 0 Å². The standard InChI is InChI=1S/C13H18ClN/c1-9(2)13(7-11(13)8-15)10-3-5-12(14)6-4-10/h3-6,9,11H,7-8,15H2,1-2H3/t11-,13?/m0/s1. The maximum Gasteiger partial charge on any atom is 0.0406 e. The van der Waals surface area contributed by atoms with Crippen molar-refractivity contribution in [3.05, 3.63) is 34.9 Å². The highest BCUT2D eigenvalue weighted by Crippen LogP contribution is 2.58. The fourth-order valence-corrected chi connectivity index (χ4v) is 2.92. The molecule has 0 radical (unpaired) electrons. The fourth-order valence-electron chi connectivity index (χ4n) is 2.80. The summed E-state index contributed by atoms with van der Waals surface area (Å²) in [6, 6.07) is 8.26. The summed E-state index contributed by atoms with van der Waals surface area (Å²) in [7, 11) is 0. The number of nitrogens with two attached hydrogens (primary N) is 1. The van der Waals surface area contributed by atoms with Gasteiger partial charge in [-0.15, -0.1) is 0 Å². The smallest absolute Gasteiger partial charge is 0.0406 e. The Labute approximate surface area is 96.6 Å². The molecule has 1 saturated carbocycles. The maximum atomic E-state index is 5.91. The summed E-state index contributed by atoms with van der Waals surface area (Å²) >= 11 is 5.91. The Hall–Kier alpha value is -0.530. The molecule has 0 saturated heterocycles. The Morgan fingerprint density at radius 1 is 1.40 bits per heavy atom. The van der Waals surface area contributed by atoms with Crippen LogP contribution in [-0.4, -0.2) is 6.54 Å². The molecule has 15 heavy (non-hydrogen) atoms. The van der Waals surface area contributed by atoms with Crippen molar-refractivity contribution in [2.45, 2.75) is 25.7 Å². The molecule has 0 bridgehead atoms. The lowest BCUT2D eigenvalue weighted by molar-refractivity contribution is 0.442. The molecule has 2 rings (SSSR count). The topological polar surface area (TPSA) is 26.0 Å². The number of rotatable bonds is 3. The molecule has 2 N–H and O–H groups in total. The van der Waals surface area contributed by atoms with Gasteiger partial charge in [0, 0.05) is 10.4 Å². The van der Waals surface area contributed by atoms with Crippen LogP contribution in [-0.2, 0) is 5.41 Å². The molecular formula is C13H18ClN. The molecule has 1 aromatic carbocycles. The van der Waals surface area contributed by atoms with Gasteiger partial charge < -0.3 is 5.73 Å². The van der Waals surface area contributed by atoms with Crippen LogP contribution in [0.25, 0.3) is 0 Å². The average Bonchev–Trinajstić information content (AvgIpc) is 2.94. The van der Waals surface area contributed by atoms with Gasteiger partial charge >= 0.3 is 0 Å².